The summed E-state index contributed by atoms with van der Waals surface area (Å²) >= 11 is 0. The third-order valence-electron chi connectivity index (χ3n) is 7.36. The number of amides is 2. The Morgan fingerprint density at radius 2 is 0.952 bits per heavy atom. The van der Waals surface area contributed by atoms with Gasteiger partial charge in [0.15, 0.2) is 0 Å². The summed E-state index contributed by atoms with van der Waals surface area (Å²) in [5.74, 6) is 2.48. The van der Waals surface area contributed by atoms with Gasteiger partial charge in [0.05, 0.1) is 36.8 Å². The van der Waals surface area contributed by atoms with Crippen molar-refractivity contribution in [1.82, 2.24) is 9.80 Å². The Hall–Kier alpha value is -4.56. The van der Waals surface area contributed by atoms with Gasteiger partial charge in [-0.3, -0.25) is 19.2 Å². The lowest BCUT2D eigenvalue weighted by atomic mass is 9.55. The number of benzene rings is 2. The Morgan fingerprint density at radius 3 is 1.26 bits per heavy atom. The lowest BCUT2D eigenvalue weighted by Crippen LogP contribution is -2.64. The average Bonchev–Trinajstić information content (AvgIpc) is 2.96. The van der Waals surface area contributed by atoms with Gasteiger partial charge in [0.1, 0.15) is 0 Å². The molecule has 3 rings (SSSR count). The molecule has 0 saturated heterocycles. The van der Waals surface area contributed by atoms with E-state index in [9.17, 15) is 29.4 Å². The van der Waals surface area contributed by atoms with Crippen LogP contribution in [0.1, 0.15) is 37.8 Å². The number of carboxylic acids is 2. The number of carbonyl (C=O) groups is 4. The number of rotatable bonds is 12. The Labute approximate surface area is 247 Å². The maximum absolute atomic E-state index is 13.6. The third kappa shape index (κ3) is 8.24. The van der Waals surface area contributed by atoms with Crippen LogP contribution in [0.5, 0.6) is 0 Å². The second-order valence-electron chi connectivity index (χ2n) is 10.3. The van der Waals surface area contributed by atoms with Gasteiger partial charge in [-0.25, -0.2) is 0 Å². The van der Waals surface area contributed by atoms with Crippen LogP contribution in [-0.2, 0) is 32.0 Å². The second kappa shape index (κ2) is 16.0. The van der Waals surface area contributed by atoms with Gasteiger partial charge in [-0.2, -0.15) is 0 Å². The van der Waals surface area contributed by atoms with E-state index in [0.29, 0.717) is 38.8 Å². The van der Waals surface area contributed by atoms with Crippen molar-refractivity contribution in [2.24, 2.45) is 23.7 Å². The number of carboxylic acid groups (broad SMARTS) is 2. The first kappa shape index (κ1) is 32.0. The van der Waals surface area contributed by atoms with Gasteiger partial charge in [-0.05, 0) is 24.0 Å². The van der Waals surface area contributed by atoms with Crippen molar-refractivity contribution in [3.63, 3.8) is 0 Å². The summed E-state index contributed by atoms with van der Waals surface area (Å²) in [7, 11) is 0. The Morgan fingerprint density at radius 1 is 0.595 bits per heavy atom. The van der Waals surface area contributed by atoms with E-state index in [1.807, 2.05) is 74.5 Å². The molecule has 2 N–H and O–H groups in total. The van der Waals surface area contributed by atoms with E-state index in [2.05, 4.69) is 23.7 Å². The van der Waals surface area contributed by atoms with Gasteiger partial charge in [-0.1, -0.05) is 98.2 Å². The summed E-state index contributed by atoms with van der Waals surface area (Å²) in [5, 5.41) is 20.2. The van der Waals surface area contributed by atoms with E-state index in [-0.39, 0.29) is 13.1 Å². The molecule has 0 radical (unpaired) electrons. The topological polar surface area (TPSA) is 115 Å². The third-order valence-corrected chi connectivity index (χ3v) is 7.36. The number of aliphatic carboxylic acids is 2. The summed E-state index contributed by atoms with van der Waals surface area (Å²) in [5.41, 5.74) is 2.05. The fraction of sp³-hybridized carbons (Fsp3) is 0.412. The second-order valence-corrected chi connectivity index (χ2v) is 10.3. The van der Waals surface area contributed by atoms with E-state index in [1.54, 1.807) is 0 Å². The highest BCUT2D eigenvalue weighted by Gasteiger charge is 2.64. The summed E-state index contributed by atoms with van der Waals surface area (Å²) in [6.45, 7) is 4.43. The first-order chi connectivity index (χ1) is 20.3. The standard InChI is InChI=1S/C34H38N2O6/c1-3-21-35(23-13-11-19-25-15-7-5-8-16-25)31(37)27-29(33(39)40)28(30(27)34(41)42)32(38)36(22-4-2)24-14-12-20-26-17-9-6-10-18-26/h5-10,15-18,27-30H,3-4,19-24H2,1-2H3,(H,39,40)(H,41,42). The molecular weight excluding hydrogens is 532 g/mol. The van der Waals surface area contributed by atoms with Gasteiger partial charge in [0, 0.05) is 25.9 Å². The Balaban J connectivity index is 1.77. The first-order valence-corrected chi connectivity index (χ1v) is 14.3. The summed E-state index contributed by atoms with van der Waals surface area (Å²) < 4.78 is 0. The largest absolute Gasteiger partial charge is 0.481 e. The molecule has 0 heterocycles. The summed E-state index contributed by atoms with van der Waals surface area (Å²) in [4.78, 5) is 54.8. The van der Waals surface area contributed by atoms with Crippen molar-refractivity contribution >= 4 is 23.8 Å². The lowest BCUT2D eigenvalue weighted by Gasteiger charge is -2.48. The average molecular weight is 571 g/mol. The summed E-state index contributed by atoms with van der Waals surface area (Å²) in [6, 6.07) is 19.2. The van der Waals surface area contributed by atoms with Crippen LogP contribution < -0.4 is 0 Å². The fourth-order valence-electron chi connectivity index (χ4n) is 5.30. The Bertz CT molecular complexity index is 1240. The molecule has 0 atom stereocenters. The minimum Gasteiger partial charge on any atom is -0.481 e. The first-order valence-electron chi connectivity index (χ1n) is 14.3. The fourth-order valence-corrected chi connectivity index (χ4v) is 5.30. The molecule has 0 bridgehead atoms. The molecule has 0 unspecified atom stereocenters. The smallest absolute Gasteiger partial charge is 0.308 e. The zero-order valence-corrected chi connectivity index (χ0v) is 24.2. The van der Waals surface area contributed by atoms with Crippen LogP contribution in [0.25, 0.3) is 0 Å². The van der Waals surface area contributed by atoms with Crippen LogP contribution in [0.4, 0.5) is 0 Å². The van der Waals surface area contributed by atoms with Crippen molar-refractivity contribution in [3.8, 4) is 23.7 Å². The molecule has 2 aromatic carbocycles. The van der Waals surface area contributed by atoms with Crippen LogP contribution in [0, 0.1) is 47.4 Å². The molecule has 2 aromatic rings. The van der Waals surface area contributed by atoms with Crippen molar-refractivity contribution in [3.05, 3.63) is 71.8 Å². The number of hydrogen-bond acceptors (Lipinski definition) is 4. The maximum Gasteiger partial charge on any atom is 0.308 e. The van der Waals surface area contributed by atoms with Gasteiger partial charge < -0.3 is 20.0 Å². The Kier molecular flexibility index (Phi) is 12.2. The van der Waals surface area contributed by atoms with Crippen LogP contribution >= 0.6 is 0 Å². The van der Waals surface area contributed by atoms with E-state index < -0.39 is 47.4 Å². The molecule has 8 heteroatoms. The highest BCUT2D eigenvalue weighted by atomic mass is 16.4. The molecule has 1 aliphatic carbocycles. The zero-order chi connectivity index (χ0) is 30.5. The maximum atomic E-state index is 13.6. The number of nitrogens with zero attached hydrogens (tertiary/aromatic N) is 2. The number of carbonyl (C=O) groups excluding carboxylic acids is 2. The van der Waals surface area contributed by atoms with Gasteiger partial charge in [0.2, 0.25) is 11.8 Å². The van der Waals surface area contributed by atoms with Crippen LogP contribution in [0.2, 0.25) is 0 Å². The van der Waals surface area contributed by atoms with Crippen molar-refractivity contribution in [1.29, 1.82) is 0 Å². The van der Waals surface area contributed by atoms with E-state index >= 15 is 0 Å². The van der Waals surface area contributed by atoms with Crippen molar-refractivity contribution < 1.29 is 29.4 Å². The van der Waals surface area contributed by atoms with Gasteiger partial charge in [0.25, 0.3) is 0 Å². The molecular formula is C34H38N2O6. The highest BCUT2D eigenvalue weighted by molar-refractivity contribution is 5.99. The van der Waals surface area contributed by atoms with Crippen molar-refractivity contribution in [2.75, 3.05) is 26.2 Å². The highest BCUT2D eigenvalue weighted by Crippen LogP contribution is 2.48. The molecule has 0 aromatic heterocycles. The molecule has 2 amide bonds. The van der Waals surface area contributed by atoms with E-state index in [1.165, 1.54) is 9.80 Å². The van der Waals surface area contributed by atoms with E-state index in [0.717, 1.165) is 11.1 Å². The molecule has 8 nitrogen and oxygen atoms in total. The monoisotopic (exact) mass is 570 g/mol. The molecule has 42 heavy (non-hydrogen) atoms. The predicted octanol–water partition coefficient (Wildman–Crippen LogP) is 3.60. The minimum atomic E-state index is -1.45. The lowest BCUT2D eigenvalue weighted by molar-refractivity contribution is -0.187. The zero-order valence-electron chi connectivity index (χ0n) is 24.2. The predicted molar refractivity (Wildman–Crippen MR) is 159 cm³/mol. The quantitative estimate of drug-likeness (QED) is 0.377. The molecule has 220 valence electrons. The molecule has 1 aliphatic rings. The van der Waals surface area contributed by atoms with Crippen LogP contribution in [0.15, 0.2) is 60.7 Å². The van der Waals surface area contributed by atoms with E-state index in [4.69, 9.17) is 0 Å². The molecule has 0 spiro atoms. The number of hydrogen-bond donors (Lipinski definition) is 2. The normalized spacial score (nSPS) is 18.7. The minimum absolute atomic E-state index is 0.0479. The van der Waals surface area contributed by atoms with Gasteiger partial charge in [-0.15, -0.1) is 0 Å². The molecule has 0 aliphatic heterocycles. The molecule has 1 saturated carbocycles. The SMILES string of the molecule is CCCN(CC#CCc1ccccc1)C(=O)C1C(C(=O)O)C(C(=O)N(CC#CCc2ccccc2)CCC)C1C(=O)O. The van der Waals surface area contributed by atoms with Crippen LogP contribution in [-0.4, -0.2) is 69.9 Å². The summed E-state index contributed by atoms with van der Waals surface area (Å²) in [6.07, 6.45) is 2.16. The van der Waals surface area contributed by atoms with Gasteiger partial charge >= 0.3 is 11.9 Å². The van der Waals surface area contributed by atoms with Crippen LogP contribution in [0.3, 0.4) is 0 Å². The molecule has 1 fully saturated rings. The van der Waals surface area contributed by atoms with Crippen molar-refractivity contribution in [2.45, 2.75) is 39.5 Å².